The standard InChI is InChI=1S/C16H29N3O2/c20-16(11-14-3-1-5-17-12-14)19-8-6-18(7-9-19)13-15-4-2-10-21-15/h14-15,17H,1-13H2. The Kier molecular flexibility index (Phi) is 5.49. The highest BCUT2D eigenvalue weighted by Crippen LogP contribution is 2.17. The molecule has 3 aliphatic rings. The van der Waals surface area contributed by atoms with E-state index in [1.54, 1.807) is 0 Å². The Morgan fingerprint density at radius 3 is 2.67 bits per heavy atom. The van der Waals surface area contributed by atoms with Crippen LogP contribution in [0.25, 0.3) is 0 Å². The second-order valence-electron chi connectivity index (χ2n) is 6.73. The molecular weight excluding hydrogens is 266 g/mol. The molecule has 1 N–H and O–H groups in total. The van der Waals surface area contributed by atoms with Crippen LogP contribution in [0.4, 0.5) is 0 Å². The number of piperidine rings is 1. The van der Waals surface area contributed by atoms with Gasteiger partial charge < -0.3 is 15.0 Å². The first kappa shape index (κ1) is 15.3. The zero-order valence-electron chi connectivity index (χ0n) is 13.1. The molecule has 3 aliphatic heterocycles. The summed E-state index contributed by atoms with van der Waals surface area (Å²) in [4.78, 5) is 16.9. The number of hydrogen-bond donors (Lipinski definition) is 1. The molecule has 5 nitrogen and oxygen atoms in total. The third kappa shape index (κ3) is 4.41. The topological polar surface area (TPSA) is 44.8 Å². The van der Waals surface area contributed by atoms with Crippen LogP contribution in [-0.4, -0.2) is 74.2 Å². The van der Waals surface area contributed by atoms with Gasteiger partial charge in [0.15, 0.2) is 0 Å². The zero-order valence-corrected chi connectivity index (χ0v) is 13.1. The number of carbonyl (C=O) groups excluding carboxylic acids is 1. The summed E-state index contributed by atoms with van der Waals surface area (Å²) in [5.74, 6) is 0.914. The molecule has 3 fully saturated rings. The molecule has 0 aromatic heterocycles. The van der Waals surface area contributed by atoms with E-state index in [2.05, 4.69) is 15.1 Å². The summed E-state index contributed by atoms with van der Waals surface area (Å²) in [6.45, 7) is 7.92. The highest BCUT2D eigenvalue weighted by Gasteiger charge is 2.26. The summed E-state index contributed by atoms with van der Waals surface area (Å²) in [6.07, 6.45) is 6.00. The van der Waals surface area contributed by atoms with Crippen molar-refractivity contribution in [2.45, 2.75) is 38.2 Å². The van der Waals surface area contributed by atoms with Crippen molar-refractivity contribution in [1.29, 1.82) is 0 Å². The molecular formula is C16H29N3O2. The van der Waals surface area contributed by atoms with E-state index in [0.29, 0.717) is 17.9 Å². The molecule has 0 aromatic carbocycles. The maximum atomic E-state index is 12.4. The van der Waals surface area contributed by atoms with Gasteiger partial charge >= 0.3 is 0 Å². The Labute approximate surface area is 128 Å². The largest absolute Gasteiger partial charge is 0.377 e. The Hall–Kier alpha value is -0.650. The second-order valence-corrected chi connectivity index (χ2v) is 6.73. The molecule has 2 atom stereocenters. The van der Waals surface area contributed by atoms with Crippen molar-refractivity contribution in [3.05, 3.63) is 0 Å². The molecule has 3 heterocycles. The highest BCUT2D eigenvalue weighted by molar-refractivity contribution is 5.76. The predicted molar refractivity (Wildman–Crippen MR) is 82.2 cm³/mol. The maximum absolute atomic E-state index is 12.4. The van der Waals surface area contributed by atoms with Crippen molar-refractivity contribution in [3.63, 3.8) is 0 Å². The lowest BCUT2D eigenvalue weighted by molar-refractivity contribution is -0.134. The summed E-state index contributed by atoms with van der Waals surface area (Å²) < 4.78 is 5.70. The molecule has 0 radical (unpaired) electrons. The molecule has 21 heavy (non-hydrogen) atoms. The number of carbonyl (C=O) groups is 1. The molecule has 3 rings (SSSR count). The SMILES string of the molecule is O=C(CC1CCCNC1)N1CCN(CC2CCCO2)CC1. The lowest BCUT2D eigenvalue weighted by Crippen LogP contribution is -2.50. The van der Waals surface area contributed by atoms with Crippen LogP contribution in [0.2, 0.25) is 0 Å². The minimum Gasteiger partial charge on any atom is -0.377 e. The molecule has 0 bridgehead atoms. The number of ether oxygens (including phenoxy) is 1. The monoisotopic (exact) mass is 295 g/mol. The molecule has 0 aliphatic carbocycles. The van der Waals surface area contributed by atoms with Gasteiger partial charge in [-0.15, -0.1) is 0 Å². The van der Waals surface area contributed by atoms with E-state index >= 15 is 0 Å². The molecule has 3 saturated heterocycles. The normalized spacial score (nSPS) is 31.5. The quantitative estimate of drug-likeness (QED) is 0.829. The molecule has 0 spiro atoms. The average molecular weight is 295 g/mol. The average Bonchev–Trinajstić information content (AvgIpc) is 3.02. The second kappa shape index (κ2) is 7.56. The fourth-order valence-electron chi connectivity index (χ4n) is 3.73. The lowest BCUT2D eigenvalue weighted by Gasteiger charge is -2.36. The number of nitrogens with zero attached hydrogens (tertiary/aromatic N) is 2. The highest BCUT2D eigenvalue weighted by atomic mass is 16.5. The van der Waals surface area contributed by atoms with Gasteiger partial charge in [-0.2, -0.15) is 0 Å². The lowest BCUT2D eigenvalue weighted by atomic mass is 9.95. The van der Waals surface area contributed by atoms with Gasteiger partial charge in [-0.05, 0) is 44.7 Å². The molecule has 120 valence electrons. The van der Waals surface area contributed by atoms with E-state index in [0.717, 1.165) is 58.8 Å². The fourth-order valence-corrected chi connectivity index (χ4v) is 3.73. The van der Waals surface area contributed by atoms with Crippen LogP contribution >= 0.6 is 0 Å². The molecule has 0 saturated carbocycles. The predicted octanol–water partition coefficient (Wildman–Crippen LogP) is 0.699. The number of amides is 1. The van der Waals surface area contributed by atoms with E-state index in [1.165, 1.54) is 25.7 Å². The van der Waals surface area contributed by atoms with Gasteiger partial charge in [-0.1, -0.05) is 0 Å². The number of rotatable bonds is 4. The summed E-state index contributed by atoms with van der Waals surface area (Å²) in [5.41, 5.74) is 0. The first-order valence-corrected chi connectivity index (χ1v) is 8.64. The Morgan fingerprint density at radius 1 is 1.14 bits per heavy atom. The van der Waals surface area contributed by atoms with E-state index in [4.69, 9.17) is 4.74 Å². The van der Waals surface area contributed by atoms with Crippen LogP contribution in [0.15, 0.2) is 0 Å². The molecule has 5 heteroatoms. The van der Waals surface area contributed by atoms with Crippen molar-refractivity contribution in [1.82, 2.24) is 15.1 Å². The van der Waals surface area contributed by atoms with Crippen LogP contribution in [0.3, 0.4) is 0 Å². The first-order chi connectivity index (χ1) is 10.3. The van der Waals surface area contributed by atoms with Gasteiger partial charge in [-0.3, -0.25) is 9.69 Å². The third-order valence-corrected chi connectivity index (χ3v) is 5.07. The van der Waals surface area contributed by atoms with Crippen LogP contribution in [0.5, 0.6) is 0 Å². The van der Waals surface area contributed by atoms with E-state index < -0.39 is 0 Å². The number of nitrogens with one attached hydrogen (secondary N) is 1. The van der Waals surface area contributed by atoms with Gasteiger partial charge in [0.25, 0.3) is 0 Å². The van der Waals surface area contributed by atoms with Gasteiger partial charge in [-0.25, -0.2) is 0 Å². The van der Waals surface area contributed by atoms with Crippen LogP contribution < -0.4 is 5.32 Å². The minimum absolute atomic E-state index is 0.362. The van der Waals surface area contributed by atoms with Crippen LogP contribution in [0, 0.1) is 5.92 Å². The Balaban J connectivity index is 1.37. The van der Waals surface area contributed by atoms with Gasteiger partial charge in [0.1, 0.15) is 0 Å². The van der Waals surface area contributed by atoms with Crippen molar-refractivity contribution in [3.8, 4) is 0 Å². The first-order valence-electron chi connectivity index (χ1n) is 8.64. The summed E-state index contributed by atoms with van der Waals surface area (Å²) in [6, 6.07) is 0. The van der Waals surface area contributed by atoms with Gasteiger partial charge in [0.05, 0.1) is 6.10 Å². The van der Waals surface area contributed by atoms with Crippen molar-refractivity contribution >= 4 is 5.91 Å². The van der Waals surface area contributed by atoms with Crippen molar-refractivity contribution in [2.75, 3.05) is 52.4 Å². The fraction of sp³-hybridized carbons (Fsp3) is 0.938. The van der Waals surface area contributed by atoms with Crippen LogP contribution in [-0.2, 0) is 9.53 Å². The van der Waals surface area contributed by atoms with Gasteiger partial charge in [0, 0.05) is 45.8 Å². The summed E-state index contributed by atoms with van der Waals surface area (Å²) >= 11 is 0. The maximum Gasteiger partial charge on any atom is 0.222 e. The summed E-state index contributed by atoms with van der Waals surface area (Å²) in [5, 5.41) is 3.40. The third-order valence-electron chi connectivity index (χ3n) is 5.07. The molecule has 1 amide bonds. The minimum atomic E-state index is 0.362. The van der Waals surface area contributed by atoms with Gasteiger partial charge in [0.2, 0.25) is 5.91 Å². The Bertz CT molecular complexity index is 330. The molecule has 2 unspecified atom stereocenters. The van der Waals surface area contributed by atoms with Crippen LogP contribution in [0.1, 0.15) is 32.1 Å². The number of hydrogen-bond acceptors (Lipinski definition) is 4. The Morgan fingerprint density at radius 2 is 2.00 bits per heavy atom. The van der Waals surface area contributed by atoms with E-state index in [1.807, 2.05) is 0 Å². The number of piperazine rings is 1. The molecule has 0 aromatic rings. The summed E-state index contributed by atoms with van der Waals surface area (Å²) in [7, 11) is 0. The zero-order chi connectivity index (χ0) is 14.5. The van der Waals surface area contributed by atoms with Crippen molar-refractivity contribution in [2.24, 2.45) is 5.92 Å². The smallest absolute Gasteiger partial charge is 0.222 e. The van der Waals surface area contributed by atoms with E-state index in [-0.39, 0.29) is 0 Å². The van der Waals surface area contributed by atoms with E-state index in [9.17, 15) is 4.79 Å². The van der Waals surface area contributed by atoms with Crippen molar-refractivity contribution < 1.29 is 9.53 Å².